The van der Waals surface area contributed by atoms with Crippen molar-refractivity contribution in [2.24, 2.45) is 5.84 Å². The minimum Gasteiger partial charge on any atom is -0.310 e. The molecule has 0 fully saturated rings. The van der Waals surface area contributed by atoms with Crippen molar-refractivity contribution in [2.45, 2.75) is 44.9 Å². The smallest absolute Gasteiger partial charge is 0.0595 e. The van der Waals surface area contributed by atoms with E-state index in [9.17, 15) is 0 Å². The minimum absolute atomic E-state index is 0.519. The summed E-state index contributed by atoms with van der Waals surface area (Å²) in [6.07, 6.45) is 6.46. The molecule has 0 spiro atoms. The Bertz CT molecular complexity index is 621. The molecule has 0 bridgehead atoms. The quantitative estimate of drug-likeness (QED) is 0.614. The highest BCUT2D eigenvalue weighted by molar-refractivity contribution is 5.82. The molecule has 1 unspecified atom stereocenters. The summed E-state index contributed by atoms with van der Waals surface area (Å²) in [5.41, 5.74) is 5.22. The summed E-state index contributed by atoms with van der Waals surface area (Å²) in [5, 5.41) is 1.94. The van der Waals surface area contributed by atoms with Crippen LogP contribution in [0.15, 0.2) is 48.5 Å². The van der Waals surface area contributed by atoms with Crippen LogP contribution in [0, 0.1) is 0 Å². The van der Waals surface area contributed by atoms with Crippen molar-refractivity contribution < 1.29 is 0 Å². The molecule has 2 heteroatoms. The summed E-state index contributed by atoms with van der Waals surface area (Å²) in [5.74, 6) is 6.90. The molecule has 0 saturated heterocycles. The van der Waals surface area contributed by atoms with Crippen LogP contribution in [0.25, 0.3) is 11.1 Å². The first kappa shape index (κ1) is 15.1. The van der Waals surface area contributed by atoms with Gasteiger partial charge < -0.3 is 5.01 Å². The van der Waals surface area contributed by atoms with E-state index in [2.05, 4.69) is 55.5 Å². The first-order valence-electron chi connectivity index (χ1n) is 8.52. The zero-order chi connectivity index (χ0) is 15.4. The van der Waals surface area contributed by atoms with Crippen molar-refractivity contribution in [3.8, 4) is 11.1 Å². The van der Waals surface area contributed by atoms with E-state index in [1.54, 1.807) is 0 Å². The van der Waals surface area contributed by atoms with Gasteiger partial charge in [0.2, 0.25) is 0 Å². The van der Waals surface area contributed by atoms with Crippen LogP contribution in [0.3, 0.4) is 0 Å². The number of unbranched alkanes of at least 4 members (excludes halogenated alkanes) is 3. The molecule has 2 N–H and O–H groups in total. The number of nitrogens with two attached hydrogens (primary N) is 1. The predicted octanol–water partition coefficient (Wildman–Crippen LogP) is 5.10. The molecule has 0 radical (unpaired) electrons. The zero-order valence-electron chi connectivity index (χ0n) is 13.5. The third-order valence-electron chi connectivity index (χ3n) is 4.73. The van der Waals surface area contributed by atoms with Crippen molar-refractivity contribution >= 4 is 5.69 Å². The Labute approximate surface area is 133 Å². The number of anilines is 1. The number of fused-ring (bicyclic) bond motifs is 3. The summed E-state index contributed by atoms with van der Waals surface area (Å²) in [4.78, 5) is 0. The fourth-order valence-electron chi connectivity index (χ4n) is 3.55. The molecule has 3 rings (SSSR count). The van der Waals surface area contributed by atoms with E-state index < -0.39 is 0 Å². The Morgan fingerprint density at radius 3 is 2.50 bits per heavy atom. The van der Waals surface area contributed by atoms with E-state index in [-0.39, 0.29) is 0 Å². The lowest BCUT2D eigenvalue weighted by Crippen LogP contribution is -2.34. The first-order chi connectivity index (χ1) is 10.8. The first-order valence-corrected chi connectivity index (χ1v) is 8.52. The molecule has 1 aliphatic rings. The van der Waals surface area contributed by atoms with Crippen molar-refractivity contribution in [1.82, 2.24) is 0 Å². The number of rotatable bonds is 5. The second-order valence-electron chi connectivity index (χ2n) is 6.30. The van der Waals surface area contributed by atoms with Crippen molar-refractivity contribution in [1.29, 1.82) is 0 Å². The molecule has 1 heterocycles. The molecule has 1 aliphatic heterocycles. The van der Waals surface area contributed by atoms with E-state index in [1.807, 2.05) is 5.01 Å². The molecule has 116 valence electrons. The lowest BCUT2D eigenvalue weighted by atomic mass is 9.88. The number of benzene rings is 2. The van der Waals surface area contributed by atoms with Crippen LogP contribution >= 0.6 is 0 Å². The summed E-state index contributed by atoms with van der Waals surface area (Å²) in [7, 11) is 0. The van der Waals surface area contributed by atoms with Crippen LogP contribution in [-0.4, -0.2) is 6.54 Å². The van der Waals surface area contributed by atoms with Gasteiger partial charge >= 0.3 is 0 Å². The van der Waals surface area contributed by atoms with E-state index in [4.69, 9.17) is 5.84 Å². The third-order valence-corrected chi connectivity index (χ3v) is 4.73. The Morgan fingerprint density at radius 2 is 1.68 bits per heavy atom. The number of hydrogen-bond acceptors (Lipinski definition) is 2. The molecule has 2 aromatic carbocycles. The molecule has 0 saturated carbocycles. The third kappa shape index (κ3) is 3.02. The van der Waals surface area contributed by atoms with Gasteiger partial charge in [-0.05, 0) is 23.6 Å². The van der Waals surface area contributed by atoms with Crippen molar-refractivity contribution in [2.75, 3.05) is 11.6 Å². The fourth-order valence-corrected chi connectivity index (χ4v) is 3.55. The SMILES string of the molecule is CCCCCCC1CN(N)c2ccccc2-c2ccccc21. The molecule has 0 aliphatic carbocycles. The van der Waals surface area contributed by atoms with Crippen molar-refractivity contribution in [3.05, 3.63) is 54.1 Å². The lowest BCUT2D eigenvalue weighted by Gasteiger charge is -2.23. The average molecular weight is 294 g/mol. The van der Waals surface area contributed by atoms with E-state index >= 15 is 0 Å². The van der Waals surface area contributed by atoms with Gasteiger partial charge in [0.15, 0.2) is 0 Å². The predicted molar refractivity (Wildman–Crippen MR) is 94.9 cm³/mol. The van der Waals surface area contributed by atoms with Gasteiger partial charge in [-0.2, -0.15) is 0 Å². The van der Waals surface area contributed by atoms with Gasteiger partial charge in [-0.15, -0.1) is 0 Å². The van der Waals surface area contributed by atoms with E-state index in [0.29, 0.717) is 5.92 Å². The summed E-state index contributed by atoms with van der Waals surface area (Å²) in [6, 6.07) is 17.3. The topological polar surface area (TPSA) is 29.3 Å². The second kappa shape index (κ2) is 6.97. The second-order valence-corrected chi connectivity index (χ2v) is 6.30. The Balaban J connectivity index is 1.92. The highest BCUT2D eigenvalue weighted by Gasteiger charge is 2.24. The summed E-state index contributed by atoms with van der Waals surface area (Å²) >= 11 is 0. The minimum atomic E-state index is 0.519. The lowest BCUT2D eigenvalue weighted by molar-refractivity contribution is 0.548. The van der Waals surface area contributed by atoms with Crippen LogP contribution < -0.4 is 10.9 Å². The van der Waals surface area contributed by atoms with Crippen molar-refractivity contribution in [3.63, 3.8) is 0 Å². The Morgan fingerprint density at radius 1 is 0.955 bits per heavy atom. The molecular weight excluding hydrogens is 268 g/mol. The molecule has 22 heavy (non-hydrogen) atoms. The maximum atomic E-state index is 6.38. The summed E-state index contributed by atoms with van der Waals surface area (Å²) < 4.78 is 0. The van der Waals surface area contributed by atoms with E-state index in [0.717, 1.165) is 12.2 Å². The van der Waals surface area contributed by atoms with Gasteiger partial charge in [-0.3, -0.25) is 0 Å². The molecule has 2 nitrogen and oxygen atoms in total. The normalized spacial score (nSPS) is 16.8. The molecule has 2 aromatic rings. The Hall–Kier alpha value is -1.80. The number of hydrogen-bond donors (Lipinski definition) is 1. The molecular formula is C20H26N2. The number of para-hydroxylation sites is 1. The van der Waals surface area contributed by atoms with Crippen LogP contribution in [-0.2, 0) is 0 Å². The molecule has 0 amide bonds. The standard InChI is InChI=1S/C20H26N2/c1-2-3-4-5-10-16-15-22(21)20-14-9-8-13-19(20)18-12-7-6-11-17(16)18/h6-9,11-14,16H,2-5,10,15,21H2,1H3. The maximum Gasteiger partial charge on any atom is 0.0595 e. The maximum absolute atomic E-state index is 6.38. The average Bonchev–Trinajstić information content (AvgIpc) is 2.68. The monoisotopic (exact) mass is 294 g/mol. The number of nitrogens with zero attached hydrogens (tertiary/aromatic N) is 1. The van der Waals surface area contributed by atoms with Gasteiger partial charge in [0, 0.05) is 18.0 Å². The van der Waals surface area contributed by atoms with Crippen LogP contribution in [0.1, 0.15) is 50.5 Å². The number of hydrazine groups is 1. The van der Waals surface area contributed by atoms with Gasteiger partial charge in [0.25, 0.3) is 0 Å². The Kier molecular flexibility index (Phi) is 4.79. The van der Waals surface area contributed by atoms with Crippen LogP contribution in [0.5, 0.6) is 0 Å². The van der Waals surface area contributed by atoms with Crippen LogP contribution in [0.4, 0.5) is 5.69 Å². The fraction of sp³-hybridized carbons (Fsp3) is 0.400. The van der Waals surface area contributed by atoms with Gasteiger partial charge in [0.05, 0.1) is 5.69 Å². The highest BCUT2D eigenvalue weighted by Crippen LogP contribution is 2.40. The molecule has 1 atom stereocenters. The van der Waals surface area contributed by atoms with Gasteiger partial charge in [0.1, 0.15) is 0 Å². The highest BCUT2D eigenvalue weighted by atomic mass is 15.4. The van der Waals surface area contributed by atoms with E-state index in [1.165, 1.54) is 48.8 Å². The van der Waals surface area contributed by atoms with Crippen LogP contribution in [0.2, 0.25) is 0 Å². The zero-order valence-corrected chi connectivity index (χ0v) is 13.5. The summed E-state index contributed by atoms with van der Waals surface area (Å²) in [6.45, 7) is 3.17. The largest absolute Gasteiger partial charge is 0.310 e. The molecule has 0 aromatic heterocycles. The van der Waals surface area contributed by atoms with Gasteiger partial charge in [-0.1, -0.05) is 75.1 Å². The van der Waals surface area contributed by atoms with Gasteiger partial charge in [-0.25, -0.2) is 5.84 Å².